The Balaban J connectivity index is 1.89. The molecule has 2 aromatic heterocycles. The van der Waals surface area contributed by atoms with Gasteiger partial charge in [-0.3, -0.25) is 9.69 Å². The molecule has 1 aliphatic rings. The number of carbonyl (C=O) groups excluding carboxylic acids is 1. The first kappa shape index (κ1) is 16.9. The van der Waals surface area contributed by atoms with Gasteiger partial charge in [-0.2, -0.15) is 0 Å². The lowest BCUT2D eigenvalue weighted by Gasteiger charge is -2.43. The average molecular weight is 330 g/mol. The molecular weight excluding hydrogens is 304 g/mol. The summed E-state index contributed by atoms with van der Waals surface area (Å²) in [5.41, 5.74) is 1.95. The zero-order valence-corrected chi connectivity index (χ0v) is 15.1. The molecule has 130 valence electrons. The molecule has 0 saturated carbocycles. The molecule has 6 heteroatoms. The van der Waals surface area contributed by atoms with E-state index in [0.29, 0.717) is 17.3 Å². The van der Waals surface area contributed by atoms with Crippen molar-refractivity contribution in [2.45, 2.75) is 52.6 Å². The van der Waals surface area contributed by atoms with E-state index in [2.05, 4.69) is 49.7 Å². The summed E-state index contributed by atoms with van der Waals surface area (Å²) >= 11 is 0. The molecule has 0 aliphatic carbocycles. The Bertz CT molecular complexity index is 740. The number of likely N-dealkylation sites (N-methyl/N-ethyl adjacent to an activating group) is 1. The first-order valence-corrected chi connectivity index (χ1v) is 8.72. The first-order chi connectivity index (χ1) is 11.4. The summed E-state index contributed by atoms with van der Waals surface area (Å²) in [5, 5.41) is 4.92. The van der Waals surface area contributed by atoms with Crippen molar-refractivity contribution in [3.8, 4) is 0 Å². The number of pyridine rings is 1. The van der Waals surface area contributed by atoms with Crippen LogP contribution in [0.2, 0.25) is 0 Å². The number of aromatic nitrogens is 2. The van der Waals surface area contributed by atoms with Crippen molar-refractivity contribution in [1.82, 2.24) is 19.9 Å². The van der Waals surface area contributed by atoms with Gasteiger partial charge in [-0.1, -0.05) is 25.9 Å². The maximum Gasteiger partial charge on any atom is 0.257 e. The van der Waals surface area contributed by atoms with Gasteiger partial charge in [-0.15, -0.1) is 0 Å². The quantitative estimate of drug-likeness (QED) is 0.866. The molecule has 6 nitrogen and oxygen atoms in total. The van der Waals surface area contributed by atoms with Crippen LogP contribution in [-0.4, -0.2) is 57.6 Å². The molecule has 1 aliphatic heterocycles. The van der Waals surface area contributed by atoms with Crippen LogP contribution in [0.4, 0.5) is 0 Å². The van der Waals surface area contributed by atoms with Crippen LogP contribution in [-0.2, 0) is 0 Å². The lowest BCUT2D eigenvalue weighted by Crippen LogP contribution is -2.57. The molecular formula is C18H26N4O2. The van der Waals surface area contributed by atoms with Crippen LogP contribution < -0.4 is 0 Å². The van der Waals surface area contributed by atoms with Crippen LogP contribution in [0.3, 0.4) is 0 Å². The van der Waals surface area contributed by atoms with E-state index in [-0.39, 0.29) is 17.9 Å². The molecule has 0 N–H and O–H groups in total. The third-order valence-corrected chi connectivity index (χ3v) is 4.93. The maximum absolute atomic E-state index is 13.0. The third kappa shape index (κ3) is 2.90. The van der Waals surface area contributed by atoms with E-state index in [4.69, 9.17) is 4.52 Å². The Morgan fingerprint density at radius 3 is 2.75 bits per heavy atom. The summed E-state index contributed by atoms with van der Waals surface area (Å²) < 4.78 is 5.26. The van der Waals surface area contributed by atoms with Crippen molar-refractivity contribution in [1.29, 1.82) is 0 Å². The van der Waals surface area contributed by atoms with E-state index in [0.717, 1.165) is 30.7 Å². The molecule has 0 bridgehead atoms. The molecule has 2 aromatic rings. The molecule has 1 amide bonds. The van der Waals surface area contributed by atoms with Crippen LogP contribution in [0.5, 0.6) is 0 Å². The van der Waals surface area contributed by atoms with E-state index in [1.807, 2.05) is 11.0 Å². The number of hydrogen-bond acceptors (Lipinski definition) is 5. The molecule has 2 atom stereocenters. The van der Waals surface area contributed by atoms with Crippen molar-refractivity contribution >= 4 is 17.0 Å². The topological polar surface area (TPSA) is 62.5 Å². The summed E-state index contributed by atoms with van der Waals surface area (Å²) in [5.74, 6) is 0.265. The van der Waals surface area contributed by atoms with Crippen LogP contribution >= 0.6 is 0 Å². The van der Waals surface area contributed by atoms with Gasteiger partial charge in [0.1, 0.15) is 0 Å². The van der Waals surface area contributed by atoms with E-state index < -0.39 is 0 Å². The predicted octanol–water partition coefficient (Wildman–Crippen LogP) is 2.90. The molecule has 0 spiro atoms. The Morgan fingerprint density at radius 2 is 2.08 bits per heavy atom. The van der Waals surface area contributed by atoms with Crippen LogP contribution in [0.1, 0.15) is 56.6 Å². The number of nitrogens with zero attached hydrogens (tertiary/aromatic N) is 4. The molecule has 3 heterocycles. The monoisotopic (exact) mass is 330 g/mol. The van der Waals surface area contributed by atoms with Gasteiger partial charge in [0, 0.05) is 31.4 Å². The summed E-state index contributed by atoms with van der Waals surface area (Å²) in [7, 11) is 0. The normalized spacial score (nSPS) is 22.5. The van der Waals surface area contributed by atoms with Crippen molar-refractivity contribution in [2.75, 3.05) is 19.6 Å². The Kier molecular flexibility index (Phi) is 4.58. The fraction of sp³-hybridized carbons (Fsp3) is 0.611. The zero-order chi connectivity index (χ0) is 17.4. The van der Waals surface area contributed by atoms with E-state index >= 15 is 0 Å². The van der Waals surface area contributed by atoms with Crippen LogP contribution in [0.15, 0.2) is 16.8 Å². The first-order valence-electron chi connectivity index (χ1n) is 8.72. The Morgan fingerprint density at radius 1 is 1.33 bits per heavy atom. The van der Waals surface area contributed by atoms with Gasteiger partial charge in [0.05, 0.1) is 16.6 Å². The van der Waals surface area contributed by atoms with Crippen molar-refractivity contribution in [3.05, 3.63) is 23.5 Å². The van der Waals surface area contributed by atoms with Gasteiger partial charge in [0.2, 0.25) is 0 Å². The molecule has 24 heavy (non-hydrogen) atoms. The van der Waals surface area contributed by atoms with Crippen molar-refractivity contribution < 1.29 is 9.32 Å². The van der Waals surface area contributed by atoms with E-state index in [9.17, 15) is 4.79 Å². The minimum atomic E-state index is 0.0374. The second kappa shape index (κ2) is 6.51. The SMILES string of the molecule is CCN1C[C@H](C)N(C(=O)c2cnc3onc(C(C)C)c3c2)C[C@@H]1C. The molecule has 3 rings (SSSR count). The molecule has 1 fully saturated rings. The highest BCUT2D eigenvalue weighted by molar-refractivity contribution is 5.97. The molecule has 0 unspecified atom stereocenters. The lowest BCUT2D eigenvalue weighted by molar-refractivity contribution is 0.0335. The Hall–Kier alpha value is -1.95. The largest absolute Gasteiger partial charge is 0.336 e. The van der Waals surface area contributed by atoms with Gasteiger partial charge in [-0.25, -0.2) is 4.98 Å². The highest BCUT2D eigenvalue weighted by Gasteiger charge is 2.32. The second-order valence-corrected chi connectivity index (χ2v) is 7.04. The summed E-state index contributed by atoms with van der Waals surface area (Å²) in [6.07, 6.45) is 1.60. The highest BCUT2D eigenvalue weighted by Crippen LogP contribution is 2.25. The highest BCUT2D eigenvalue weighted by atomic mass is 16.5. The van der Waals surface area contributed by atoms with Crippen molar-refractivity contribution in [3.63, 3.8) is 0 Å². The molecule has 1 saturated heterocycles. The lowest BCUT2D eigenvalue weighted by atomic mass is 10.0. The third-order valence-electron chi connectivity index (χ3n) is 4.93. The van der Waals surface area contributed by atoms with Crippen LogP contribution in [0, 0.1) is 0 Å². The average Bonchev–Trinajstić information content (AvgIpc) is 2.99. The predicted molar refractivity (Wildman–Crippen MR) is 93.1 cm³/mol. The minimum Gasteiger partial charge on any atom is -0.336 e. The molecule has 0 aromatic carbocycles. The number of carbonyl (C=O) groups is 1. The fourth-order valence-corrected chi connectivity index (χ4v) is 3.47. The number of fused-ring (bicyclic) bond motifs is 1. The van der Waals surface area contributed by atoms with Crippen LogP contribution in [0.25, 0.3) is 11.1 Å². The second-order valence-electron chi connectivity index (χ2n) is 7.04. The Labute approximate surface area is 142 Å². The number of amides is 1. The van der Waals surface area contributed by atoms with E-state index in [1.54, 1.807) is 6.20 Å². The van der Waals surface area contributed by atoms with Crippen molar-refractivity contribution in [2.24, 2.45) is 0 Å². The fourth-order valence-electron chi connectivity index (χ4n) is 3.47. The van der Waals surface area contributed by atoms with Gasteiger partial charge in [0.15, 0.2) is 0 Å². The summed E-state index contributed by atoms with van der Waals surface area (Å²) in [6, 6.07) is 2.44. The van der Waals surface area contributed by atoms with Gasteiger partial charge >= 0.3 is 0 Å². The zero-order valence-electron chi connectivity index (χ0n) is 15.1. The smallest absolute Gasteiger partial charge is 0.257 e. The standard InChI is InChI=1S/C18H26N4O2/c1-6-21-9-13(5)22(10-12(21)4)18(23)14-7-15-16(11(2)3)20-24-17(15)19-8-14/h7-8,11-13H,6,9-10H2,1-5H3/t12-,13-/m0/s1. The minimum absolute atomic E-state index is 0.0374. The number of hydrogen-bond donors (Lipinski definition) is 0. The van der Waals surface area contributed by atoms with Gasteiger partial charge < -0.3 is 9.42 Å². The number of piperazine rings is 1. The summed E-state index contributed by atoms with van der Waals surface area (Å²) in [4.78, 5) is 21.7. The number of rotatable bonds is 3. The maximum atomic E-state index is 13.0. The van der Waals surface area contributed by atoms with E-state index in [1.165, 1.54) is 0 Å². The van der Waals surface area contributed by atoms with Gasteiger partial charge in [-0.05, 0) is 32.4 Å². The molecule has 0 radical (unpaired) electrons. The van der Waals surface area contributed by atoms with Gasteiger partial charge in [0.25, 0.3) is 11.6 Å². The summed E-state index contributed by atoms with van der Waals surface area (Å²) in [6.45, 7) is 13.2.